The maximum Gasteiger partial charge on any atom is 0.461 e. The number of benzene rings is 1. The number of carbonyl (C=O) groups excluding carboxylic acids is 1. The Hall–Kier alpha value is -1.46. The Morgan fingerprint density at radius 3 is 1.89 bits per heavy atom. The van der Waals surface area contributed by atoms with E-state index in [4.69, 9.17) is 0 Å². The Balaban J connectivity index is 2.20. The van der Waals surface area contributed by atoms with Gasteiger partial charge in [0.1, 0.15) is 0 Å². The molecule has 0 radical (unpaired) electrons. The van der Waals surface area contributed by atoms with Gasteiger partial charge in [0.05, 0.1) is 0 Å². The van der Waals surface area contributed by atoms with Crippen LogP contribution in [0.4, 0.5) is 22.0 Å². The normalized spacial score (nSPS) is 17.1. The molecule has 2 rings (SSSR count). The van der Waals surface area contributed by atoms with Crippen LogP contribution < -0.4 is 0 Å². The lowest BCUT2D eigenvalue weighted by atomic mass is 9.80. The molecule has 0 heterocycles. The Kier molecular flexibility index (Phi) is 3.36. The number of halogens is 5. The van der Waals surface area contributed by atoms with E-state index in [9.17, 15) is 26.7 Å². The monoisotopic (exact) mass is 278 g/mol. The van der Waals surface area contributed by atoms with Gasteiger partial charge in [0.2, 0.25) is 5.78 Å². The summed E-state index contributed by atoms with van der Waals surface area (Å²) in [6, 6.07) is 4.97. The predicted molar refractivity (Wildman–Crippen MR) is 58.4 cm³/mol. The number of ketones is 1. The highest BCUT2D eigenvalue weighted by atomic mass is 19.4. The zero-order valence-corrected chi connectivity index (χ0v) is 9.81. The molecule has 0 aromatic heterocycles. The lowest BCUT2D eigenvalue weighted by Crippen LogP contribution is -2.44. The van der Waals surface area contributed by atoms with Crippen LogP contribution in [0.25, 0.3) is 0 Å². The van der Waals surface area contributed by atoms with Crippen LogP contribution in [0.5, 0.6) is 0 Å². The summed E-state index contributed by atoms with van der Waals surface area (Å²) in [6.07, 6.45) is -2.83. The van der Waals surface area contributed by atoms with Crippen molar-refractivity contribution in [1.29, 1.82) is 0 Å². The maximum absolute atomic E-state index is 12.9. The van der Waals surface area contributed by atoms with Crippen LogP contribution in [-0.2, 0) is 0 Å². The fourth-order valence-corrected chi connectivity index (χ4v) is 1.96. The summed E-state index contributed by atoms with van der Waals surface area (Å²) in [5, 5.41) is 0. The van der Waals surface area contributed by atoms with Gasteiger partial charge in [-0.05, 0) is 24.3 Å². The summed E-state index contributed by atoms with van der Waals surface area (Å²) in [7, 11) is 0. The van der Waals surface area contributed by atoms with Gasteiger partial charge in [0, 0.05) is 5.56 Å². The van der Waals surface area contributed by atoms with E-state index in [-0.39, 0.29) is 0 Å². The Labute approximate surface area is 106 Å². The highest BCUT2D eigenvalue weighted by Crippen LogP contribution is 2.39. The summed E-state index contributed by atoms with van der Waals surface area (Å²) in [5.74, 6) is -7.22. The third kappa shape index (κ3) is 2.48. The molecule has 0 amide bonds. The summed E-state index contributed by atoms with van der Waals surface area (Å²) in [5.41, 5.74) is 0.253. The van der Waals surface area contributed by atoms with Crippen LogP contribution in [0.15, 0.2) is 24.3 Å². The minimum Gasteiger partial charge on any atom is -0.287 e. The standard InChI is InChI=1S/C13H11F5O/c14-12(15,13(16,17)18)11(19)10-6-4-9(5-7-10)8-2-1-3-8/h4-8H,1-3H2. The van der Waals surface area contributed by atoms with E-state index in [2.05, 4.69) is 0 Å². The summed E-state index contributed by atoms with van der Waals surface area (Å²) in [6.45, 7) is 0. The molecule has 1 aliphatic rings. The minimum atomic E-state index is -5.86. The van der Waals surface area contributed by atoms with Gasteiger partial charge in [0.15, 0.2) is 0 Å². The van der Waals surface area contributed by atoms with Crippen molar-refractivity contribution in [3.05, 3.63) is 35.4 Å². The molecule has 0 unspecified atom stereocenters. The van der Waals surface area contributed by atoms with Crippen LogP contribution in [0.1, 0.15) is 41.1 Å². The van der Waals surface area contributed by atoms with Crippen molar-refractivity contribution in [2.75, 3.05) is 0 Å². The Morgan fingerprint density at radius 1 is 1.00 bits per heavy atom. The highest BCUT2D eigenvalue weighted by Gasteiger charge is 2.63. The Morgan fingerprint density at radius 2 is 1.53 bits per heavy atom. The molecule has 0 bridgehead atoms. The largest absolute Gasteiger partial charge is 0.461 e. The predicted octanol–water partition coefficient (Wildman–Crippen LogP) is 4.33. The third-order valence-corrected chi connectivity index (χ3v) is 3.39. The molecule has 0 aliphatic heterocycles. The minimum absolute atomic E-state index is 0.326. The van der Waals surface area contributed by atoms with Gasteiger partial charge in [-0.3, -0.25) is 4.79 Å². The SMILES string of the molecule is O=C(c1ccc(C2CCC2)cc1)C(F)(F)C(F)(F)F. The first kappa shape index (κ1) is 14.0. The quantitative estimate of drug-likeness (QED) is 0.594. The van der Waals surface area contributed by atoms with Gasteiger partial charge in [-0.15, -0.1) is 0 Å². The van der Waals surface area contributed by atoms with Crippen LogP contribution in [0.3, 0.4) is 0 Å². The third-order valence-electron chi connectivity index (χ3n) is 3.39. The molecule has 104 valence electrons. The fourth-order valence-electron chi connectivity index (χ4n) is 1.96. The highest BCUT2D eigenvalue weighted by molar-refractivity contribution is 6.01. The molecule has 1 fully saturated rings. The van der Waals surface area contributed by atoms with Crippen LogP contribution in [0.2, 0.25) is 0 Å². The second-order valence-electron chi connectivity index (χ2n) is 4.65. The smallest absolute Gasteiger partial charge is 0.287 e. The zero-order chi connectivity index (χ0) is 14.3. The average molecular weight is 278 g/mol. The average Bonchev–Trinajstić information content (AvgIpc) is 2.25. The molecule has 1 aromatic carbocycles. The molecule has 0 atom stereocenters. The van der Waals surface area contributed by atoms with Crippen molar-refractivity contribution >= 4 is 5.78 Å². The number of rotatable bonds is 3. The number of alkyl halides is 5. The molecular weight excluding hydrogens is 267 g/mol. The van der Waals surface area contributed by atoms with Crippen LogP contribution in [-0.4, -0.2) is 17.9 Å². The first-order valence-corrected chi connectivity index (χ1v) is 5.83. The summed E-state index contributed by atoms with van der Waals surface area (Å²) >= 11 is 0. The number of hydrogen-bond acceptors (Lipinski definition) is 1. The molecule has 0 N–H and O–H groups in total. The van der Waals surface area contributed by atoms with Gasteiger partial charge >= 0.3 is 12.1 Å². The first-order chi connectivity index (χ1) is 8.73. The molecule has 0 saturated heterocycles. The van der Waals surface area contributed by atoms with Crippen molar-refractivity contribution in [1.82, 2.24) is 0 Å². The van der Waals surface area contributed by atoms with E-state index in [0.29, 0.717) is 5.92 Å². The van der Waals surface area contributed by atoms with E-state index in [0.717, 1.165) is 37.0 Å². The zero-order valence-electron chi connectivity index (χ0n) is 9.81. The van der Waals surface area contributed by atoms with Crippen molar-refractivity contribution in [3.8, 4) is 0 Å². The van der Waals surface area contributed by atoms with Gasteiger partial charge in [-0.1, -0.05) is 30.7 Å². The molecule has 1 aromatic rings. The van der Waals surface area contributed by atoms with E-state index >= 15 is 0 Å². The molecule has 1 aliphatic carbocycles. The van der Waals surface area contributed by atoms with Crippen LogP contribution in [0, 0.1) is 0 Å². The molecule has 0 spiro atoms. The lowest BCUT2D eigenvalue weighted by molar-refractivity contribution is -0.255. The van der Waals surface area contributed by atoms with Crippen molar-refractivity contribution in [2.45, 2.75) is 37.3 Å². The number of carbonyl (C=O) groups is 1. The molecule has 19 heavy (non-hydrogen) atoms. The van der Waals surface area contributed by atoms with E-state index < -0.39 is 23.4 Å². The second-order valence-corrected chi connectivity index (χ2v) is 4.65. The molecular formula is C13H11F5O. The van der Waals surface area contributed by atoms with E-state index in [1.807, 2.05) is 0 Å². The summed E-state index contributed by atoms with van der Waals surface area (Å²) in [4.78, 5) is 11.2. The Bertz CT molecular complexity index is 471. The summed E-state index contributed by atoms with van der Waals surface area (Å²) < 4.78 is 62.0. The second kappa shape index (κ2) is 4.58. The maximum atomic E-state index is 12.9. The van der Waals surface area contributed by atoms with Gasteiger partial charge < -0.3 is 0 Å². The van der Waals surface area contributed by atoms with Crippen molar-refractivity contribution < 1.29 is 26.7 Å². The fraction of sp³-hybridized carbons (Fsp3) is 0.462. The van der Waals surface area contributed by atoms with Crippen molar-refractivity contribution in [3.63, 3.8) is 0 Å². The number of Topliss-reactive ketones (excluding diaryl/α,β-unsaturated/α-hetero) is 1. The number of hydrogen-bond donors (Lipinski definition) is 0. The van der Waals surface area contributed by atoms with E-state index in [1.54, 1.807) is 0 Å². The van der Waals surface area contributed by atoms with Crippen molar-refractivity contribution in [2.24, 2.45) is 0 Å². The molecule has 1 nitrogen and oxygen atoms in total. The lowest BCUT2D eigenvalue weighted by Gasteiger charge is -2.26. The molecule has 1 saturated carbocycles. The topological polar surface area (TPSA) is 17.1 Å². The first-order valence-electron chi connectivity index (χ1n) is 5.83. The van der Waals surface area contributed by atoms with E-state index in [1.165, 1.54) is 12.1 Å². The van der Waals surface area contributed by atoms with Crippen LogP contribution >= 0.6 is 0 Å². The van der Waals surface area contributed by atoms with Gasteiger partial charge in [0.25, 0.3) is 0 Å². The molecule has 6 heteroatoms. The van der Waals surface area contributed by atoms with Gasteiger partial charge in [-0.2, -0.15) is 22.0 Å². The van der Waals surface area contributed by atoms with Gasteiger partial charge in [-0.25, -0.2) is 0 Å².